The molecule has 0 aliphatic rings. The van der Waals surface area contributed by atoms with E-state index in [9.17, 15) is 8.42 Å². The molecule has 0 bridgehead atoms. The molecule has 8 heteroatoms. The molecule has 0 spiro atoms. The van der Waals surface area contributed by atoms with Gasteiger partial charge in [0.25, 0.3) is 5.71 Å². The van der Waals surface area contributed by atoms with E-state index >= 15 is 0 Å². The van der Waals surface area contributed by atoms with E-state index in [4.69, 9.17) is 9.26 Å². The molecule has 1 aromatic carbocycles. The normalized spacial score (nSPS) is 12.0. The zero-order chi connectivity index (χ0) is 18.7. The molecule has 0 aliphatic carbocycles. The topological polar surface area (TPSA) is 94.3 Å². The smallest absolute Gasteiger partial charge is 0.257 e. The number of hydrogen-bond acceptors (Lipinski definition) is 6. The van der Waals surface area contributed by atoms with Crippen LogP contribution in [0.25, 0.3) is 11.1 Å². The molecule has 7 nitrogen and oxygen atoms in total. The molecule has 0 atom stereocenters. The molecule has 2 heterocycles. The number of para-hydroxylation sites is 1. The average molecular weight is 375 g/mol. The van der Waals surface area contributed by atoms with E-state index in [-0.39, 0.29) is 18.0 Å². The van der Waals surface area contributed by atoms with Crippen LogP contribution in [0.1, 0.15) is 31.0 Å². The molecule has 1 N–H and O–H groups in total. The Kier molecular flexibility index (Phi) is 5.24. The Morgan fingerprint density at radius 2 is 2.04 bits per heavy atom. The summed E-state index contributed by atoms with van der Waals surface area (Å²) in [5.74, 6) is 1.09. The Morgan fingerprint density at radius 3 is 2.81 bits per heavy atom. The van der Waals surface area contributed by atoms with E-state index in [1.807, 2.05) is 24.3 Å². The largest absolute Gasteiger partial charge is 0.492 e. The van der Waals surface area contributed by atoms with Gasteiger partial charge in [0.15, 0.2) is 0 Å². The van der Waals surface area contributed by atoms with Gasteiger partial charge in [-0.3, -0.25) is 0 Å². The minimum Gasteiger partial charge on any atom is -0.492 e. The highest BCUT2D eigenvalue weighted by atomic mass is 32.2. The lowest BCUT2D eigenvalue weighted by Gasteiger charge is -2.14. The summed E-state index contributed by atoms with van der Waals surface area (Å²) in [6.07, 6.45) is 1.25. The fraction of sp³-hybridized carbons (Fsp3) is 0.333. The highest BCUT2D eigenvalue weighted by Gasteiger charge is 2.17. The summed E-state index contributed by atoms with van der Waals surface area (Å²) in [5, 5.41) is 4.36. The van der Waals surface area contributed by atoms with Gasteiger partial charge in [0.05, 0.1) is 17.3 Å². The Balaban J connectivity index is 1.64. The van der Waals surface area contributed by atoms with Crippen molar-refractivity contribution in [2.24, 2.45) is 0 Å². The van der Waals surface area contributed by atoms with Crippen LogP contribution in [0.2, 0.25) is 0 Å². The fourth-order valence-electron chi connectivity index (χ4n) is 2.58. The third-order valence-electron chi connectivity index (χ3n) is 3.99. The number of fused-ring (bicyclic) bond motifs is 1. The van der Waals surface area contributed by atoms with Crippen molar-refractivity contribution in [2.75, 3.05) is 13.2 Å². The number of pyridine rings is 1. The van der Waals surface area contributed by atoms with E-state index in [0.29, 0.717) is 22.7 Å². The van der Waals surface area contributed by atoms with Crippen molar-refractivity contribution in [2.45, 2.75) is 31.6 Å². The first-order chi connectivity index (χ1) is 12.4. The molecular formula is C18H21N3O4S. The summed E-state index contributed by atoms with van der Waals surface area (Å²) >= 11 is 0. The number of ether oxygens (including phenoxy) is 1. The molecule has 0 unspecified atom stereocenters. The molecule has 2 aromatic heterocycles. The van der Waals surface area contributed by atoms with Crippen molar-refractivity contribution in [3.8, 4) is 5.75 Å². The molecule has 138 valence electrons. The van der Waals surface area contributed by atoms with Gasteiger partial charge in [-0.2, -0.15) is 0 Å². The van der Waals surface area contributed by atoms with Gasteiger partial charge < -0.3 is 9.26 Å². The van der Waals surface area contributed by atoms with Gasteiger partial charge in [0, 0.05) is 6.54 Å². The van der Waals surface area contributed by atoms with E-state index in [1.54, 1.807) is 6.92 Å². The van der Waals surface area contributed by atoms with Gasteiger partial charge in [-0.1, -0.05) is 37.2 Å². The third kappa shape index (κ3) is 3.86. The summed E-state index contributed by atoms with van der Waals surface area (Å²) in [5.41, 5.74) is 2.00. The number of hydrogen-bond donors (Lipinski definition) is 1. The van der Waals surface area contributed by atoms with Crippen molar-refractivity contribution in [1.82, 2.24) is 14.9 Å². The van der Waals surface area contributed by atoms with E-state index in [1.165, 1.54) is 12.3 Å². The molecule has 3 rings (SSSR count). The first-order valence-corrected chi connectivity index (χ1v) is 9.80. The summed E-state index contributed by atoms with van der Waals surface area (Å²) < 4.78 is 38.1. The Bertz CT molecular complexity index is 1010. The van der Waals surface area contributed by atoms with Crippen molar-refractivity contribution in [3.05, 3.63) is 47.8 Å². The molecule has 26 heavy (non-hydrogen) atoms. The van der Waals surface area contributed by atoms with Crippen LogP contribution in [0.5, 0.6) is 5.75 Å². The van der Waals surface area contributed by atoms with Crippen LogP contribution in [0, 0.1) is 6.92 Å². The first-order valence-electron chi connectivity index (χ1n) is 8.32. The van der Waals surface area contributed by atoms with Crippen LogP contribution in [0.4, 0.5) is 0 Å². The number of benzene rings is 1. The minimum absolute atomic E-state index is 0.0684. The number of aromatic nitrogens is 2. The summed E-state index contributed by atoms with van der Waals surface area (Å²) in [6.45, 7) is 6.28. The molecule has 0 aliphatic heterocycles. The predicted molar refractivity (Wildman–Crippen MR) is 97.8 cm³/mol. The number of aryl methyl sites for hydroxylation is 1. The molecule has 0 radical (unpaired) electrons. The SMILES string of the molecule is Cc1noc2ncc(S(=O)(=O)NCCOc3ccccc3C(C)C)cc12. The summed E-state index contributed by atoms with van der Waals surface area (Å²) in [4.78, 5) is 4.06. The van der Waals surface area contributed by atoms with E-state index in [0.717, 1.165) is 11.3 Å². The van der Waals surface area contributed by atoms with Crippen LogP contribution in [0.3, 0.4) is 0 Å². The highest BCUT2D eigenvalue weighted by Crippen LogP contribution is 2.25. The predicted octanol–water partition coefficient (Wildman–Crippen LogP) is 3.01. The van der Waals surface area contributed by atoms with Gasteiger partial charge in [-0.05, 0) is 30.5 Å². The zero-order valence-electron chi connectivity index (χ0n) is 14.9. The highest BCUT2D eigenvalue weighted by molar-refractivity contribution is 7.89. The van der Waals surface area contributed by atoms with Gasteiger partial charge >= 0.3 is 0 Å². The van der Waals surface area contributed by atoms with Crippen LogP contribution in [-0.2, 0) is 10.0 Å². The second-order valence-electron chi connectivity index (χ2n) is 6.23. The van der Waals surface area contributed by atoms with Gasteiger partial charge in [0.1, 0.15) is 17.3 Å². The molecule has 0 amide bonds. The Labute approximate surface area is 152 Å². The maximum absolute atomic E-state index is 12.4. The second-order valence-corrected chi connectivity index (χ2v) is 8.00. The van der Waals surface area contributed by atoms with Crippen LogP contribution in [-0.4, -0.2) is 31.7 Å². The maximum Gasteiger partial charge on any atom is 0.257 e. The first kappa shape index (κ1) is 18.3. The molecule has 3 aromatic rings. The van der Waals surface area contributed by atoms with Crippen molar-refractivity contribution < 1.29 is 17.7 Å². The van der Waals surface area contributed by atoms with Crippen molar-refractivity contribution in [3.63, 3.8) is 0 Å². The lowest BCUT2D eigenvalue weighted by Crippen LogP contribution is -2.28. The number of rotatable bonds is 7. The Hall–Kier alpha value is -2.45. The number of nitrogens with one attached hydrogen (secondary N) is 1. The number of sulfonamides is 1. The zero-order valence-corrected chi connectivity index (χ0v) is 15.7. The van der Waals surface area contributed by atoms with Crippen molar-refractivity contribution >= 4 is 21.1 Å². The van der Waals surface area contributed by atoms with E-state index in [2.05, 4.69) is 28.7 Å². The van der Waals surface area contributed by atoms with Crippen molar-refractivity contribution in [1.29, 1.82) is 0 Å². The van der Waals surface area contributed by atoms with Gasteiger partial charge in [-0.15, -0.1) is 0 Å². The summed E-state index contributed by atoms with van der Waals surface area (Å²) in [6, 6.07) is 9.25. The van der Waals surface area contributed by atoms with Crippen LogP contribution < -0.4 is 9.46 Å². The fourth-order valence-corrected chi connectivity index (χ4v) is 3.57. The van der Waals surface area contributed by atoms with Gasteiger partial charge in [0.2, 0.25) is 10.0 Å². The Morgan fingerprint density at radius 1 is 1.27 bits per heavy atom. The summed E-state index contributed by atoms with van der Waals surface area (Å²) in [7, 11) is -3.69. The molecule has 0 fully saturated rings. The van der Waals surface area contributed by atoms with Gasteiger partial charge in [-0.25, -0.2) is 18.1 Å². The maximum atomic E-state index is 12.4. The lowest BCUT2D eigenvalue weighted by atomic mass is 10.0. The molecule has 0 saturated heterocycles. The number of nitrogens with zero attached hydrogens (tertiary/aromatic N) is 2. The second kappa shape index (κ2) is 7.43. The quantitative estimate of drug-likeness (QED) is 0.638. The minimum atomic E-state index is -3.69. The molecular weight excluding hydrogens is 354 g/mol. The molecule has 0 saturated carbocycles. The average Bonchev–Trinajstić information content (AvgIpc) is 2.99. The van der Waals surface area contributed by atoms with E-state index < -0.39 is 10.0 Å². The third-order valence-corrected chi connectivity index (χ3v) is 5.42. The monoisotopic (exact) mass is 375 g/mol. The van der Waals surface area contributed by atoms with Crippen LogP contribution >= 0.6 is 0 Å². The lowest BCUT2D eigenvalue weighted by molar-refractivity contribution is 0.318. The van der Waals surface area contributed by atoms with Crippen LogP contribution in [0.15, 0.2) is 45.9 Å². The standard InChI is InChI=1S/C18H21N3O4S/c1-12(2)15-6-4-5-7-17(15)24-9-8-20-26(22,23)14-10-16-13(3)21-25-18(16)19-11-14/h4-7,10-12,20H,8-9H2,1-3H3.